The van der Waals surface area contributed by atoms with Gasteiger partial charge in [0.1, 0.15) is 0 Å². The number of amides is 1. The molecule has 0 aliphatic rings. The Labute approximate surface area is 127 Å². The number of phenols is 2. The van der Waals surface area contributed by atoms with Gasteiger partial charge in [0, 0.05) is 13.0 Å². The number of benzene rings is 1. The highest BCUT2D eigenvalue weighted by atomic mass is 16.3. The van der Waals surface area contributed by atoms with Crippen molar-refractivity contribution in [2.75, 3.05) is 6.54 Å². The Bertz CT molecular complexity index is 501. The van der Waals surface area contributed by atoms with Gasteiger partial charge in [-0.3, -0.25) is 4.79 Å². The van der Waals surface area contributed by atoms with Crippen LogP contribution in [0.2, 0.25) is 0 Å². The minimum Gasteiger partial charge on any atom is -0.504 e. The van der Waals surface area contributed by atoms with E-state index in [1.165, 1.54) is 12.1 Å². The highest BCUT2D eigenvalue weighted by molar-refractivity contribution is 5.76. The van der Waals surface area contributed by atoms with E-state index in [4.69, 9.17) is 0 Å². The molecule has 0 aromatic heterocycles. The minimum atomic E-state index is -0.132. The summed E-state index contributed by atoms with van der Waals surface area (Å²) in [6.07, 6.45) is 1.10. The highest BCUT2D eigenvalue weighted by Crippen LogP contribution is 2.40. The molecule has 1 rings (SSSR count). The smallest absolute Gasteiger partial charge is 0.220 e. The van der Waals surface area contributed by atoms with E-state index in [2.05, 4.69) is 39.9 Å². The maximum atomic E-state index is 12.0. The fourth-order valence-corrected chi connectivity index (χ4v) is 1.80. The van der Waals surface area contributed by atoms with E-state index in [9.17, 15) is 15.0 Å². The van der Waals surface area contributed by atoms with Gasteiger partial charge in [-0.15, -0.1) is 0 Å². The van der Waals surface area contributed by atoms with E-state index >= 15 is 0 Å². The fourth-order valence-electron chi connectivity index (χ4n) is 1.80. The zero-order valence-electron chi connectivity index (χ0n) is 13.7. The predicted molar refractivity (Wildman–Crippen MR) is 84.3 cm³/mol. The molecule has 0 radical (unpaired) electrons. The fraction of sp³-hybridized carbons (Fsp3) is 0.588. The molecule has 4 nitrogen and oxygen atoms in total. The number of carbonyl (C=O) groups excluding carboxylic acids is 1. The lowest BCUT2D eigenvalue weighted by Gasteiger charge is -2.38. The predicted octanol–water partition coefficient (Wildman–Crippen LogP) is 3.22. The lowest BCUT2D eigenvalue weighted by molar-refractivity contribution is -0.124. The molecule has 0 saturated carbocycles. The lowest BCUT2D eigenvalue weighted by Crippen LogP contribution is -2.37. The van der Waals surface area contributed by atoms with Crippen LogP contribution in [0.25, 0.3) is 0 Å². The Balaban J connectivity index is 2.45. The first-order chi connectivity index (χ1) is 9.53. The van der Waals surface area contributed by atoms with Gasteiger partial charge in [-0.25, -0.2) is 0 Å². The Morgan fingerprint density at radius 3 is 2.24 bits per heavy atom. The summed E-state index contributed by atoms with van der Waals surface area (Å²) >= 11 is 0. The molecule has 4 heteroatoms. The second-order valence-corrected chi connectivity index (χ2v) is 7.23. The van der Waals surface area contributed by atoms with Crippen molar-refractivity contribution in [3.63, 3.8) is 0 Å². The van der Waals surface area contributed by atoms with E-state index in [1.54, 1.807) is 6.07 Å². The van der Waals surface area contributed by atoms with Crippen molar-refractivity contribution in [3.8, 4) is 11.5 Å². The first kappa shape index (κ1) is 17.3. The van der Waals surface area contributed by atoms with Crippen molar-refractivity contribution in [1.29, 1.82) is 0 Å². The normalized spacial score (nSPS) is 12.2. The van der Waals surface area contributed by atoms with Crippen LogP contribution in [0.15, 0.2) is 18.2 Å². The van der Waals surface area contributed by atoms with Crippen molar-refractivity contribution < 1.29 is 15.0 Å². The molecule has 118 valence electrons. The average molecular weight is 293 g/mol. The topological polar surface area (TPSA) is 69.6 Å². The van der Waals surface area contributed by atoms with Crippen LogP contribution in [0.5, 0.6) is 11.5 Å². The van der Waals surface area contributed by atoms with Crippen LogP contribution in [0.3, 0.4) is 0 Å². The second kappa shape index (κ2) is 6.37. The SMILES string of the molecule is CC(C)(C)C(C)(C)CC(=O)NCCc1ccc(O)c(O)c1. The van der Waals surface area contributed by atoms with Gasteiger partial charge in [-0.1, -0.05) is 40.7 Å². The molecular weight excluding hydrogens is 266 g/mol. The molecule has 0 spiro atoms. The first-order valence-corrected chi connectivity index (χ1v) is 7.30. The Kier molecular flexibility index (Phi) is 5.26. The lowest BCUT2D eigenvalue weighted by atomic mass is 9.67. The quantitative estimate of drug-likeness (QED) is 0.730. The van der Waals surface area contributed by atoms with E-state index < -0.39 is 0 Å². The van der Waals surface area contributed by atoms with Crippen LogP contribution in [-0.4, -0.2) is 22.7 Å². The zero-order valence-corrected chi connectivity index (χ0v) is 13.7. The third-order valence-electron chi connectivity index (χ3n) is 4.41. The molecule has 0 aliphatic heterocycles. The van der Waals surface area contributed by atoms with Crippen molar-refractivity contribution >= 4 is 5.91 Å². The molecule has 3 N–H and O–H groups in total. The Hall–Kier alpha value is -1.71. The summed E-state index contributed by atoms with van der Waals surface area (Å²) in [4.78, 5) is 12.0. The highest BCUT2D eigenvalue weighted by Gasteiger charge is 2.34. The van der Waals surface area contributed by atoms with Gasteiger partial charge in [0.05, 0.1) is 0 Å². The first-order valence-electron chi connectivity index (χ1n) is 7.30. The summed E-state index contributed by atoms with van der Waals surface area (Å²) in [6, 6.07) is 4.70. The number of phenolic OH excluding ortho intramolecular Hbond substituents is 2. The van der Waals surface area contributed by atoms with Gasteiger partial charge in [-0.2, -0.15) is 0 Å². The van der Waals surface area contributed by atoms with Crippen molar-refractivity contribution in [2.45, 2.75) is 47.5 Å². The maximum absolute atomic E-state index is 12.0. The van der Waals surface area contributed by atoms with Crippen molar-refractivity contribution in [1.82, 2.24) is 5.32 Å². The number of rotatable bonds is 5. The summed E-state index contributed by atoms with van der Waals surface area (Å²) in [5.74, 6) is -0.222. The van der Waals surface area contributed by atoms with Gasteiger partial charge in [0.15, 0.2) is 11.5 Å². The Morgan fingerprint density at radius 1 is 1.10 bits per heavy atom. The van der Waals surface area contributed by atoms with E-state index in [0.29, 0.717) is 19.4 Å². The maximum Gasteiger partial charge on any atom is 0.220 e. The summed E-state index contributed by atoms with van der Waals surface area (Å²) in [5, 5.41) is 21.6. The average Bonchev–Trinajstić information content (AvgIpc) is 2.31. The molecule has 1 aromatic carbocycles. The van der Waals surface area contributed by atoms with Crippen LogP contribution in [-0.2, 0) is 11.2 Å². The largest absolute Gasteiger partial charge is 0.504 e. The monoisotopic (exact) mass is 293 g/mol. The Morgan fingerprint density at radius 2 is 1.71 bits per heavy atom. The van der Waals surface area contributed by atoms with Crippen LogP contribution < -0.4 is 5.32 Å². The van der Waals surface area contributed by atoms with Crippen LogP contribution in [0.1, 0.15) is 46.6 Å². The minimum absolute atomic E-state index is 0.0397. The molecule has 1 aromatic rings. The third kappa shape index (κ3) is 4.96. The van der Waals surface area contributed by atoms with Crippen LogP contribution in [0.4, 0.5) is 0 Å². The van der Waals surface area contributed by atoms with E-state index in [-0.39, 0.29) is 28.2 Å². The van der Waals surface area contributed by atoms with Gasteiger partial charge in [-0.05, 0) is 34.9 Å². The van der Waals surface area contributed by atoms with Gasteiger partial charge >= 0.3 is 0 Å². The molecular formula is C17H27NO3. The van der Waals surface area contributed by atoms with Gasteiger partial charge < -0.3 is 15.5 Å². The van der Waals surface area contributed by atoms with Crippen LogP contribution in [0, 0.1) is 10.8 Å². The summed E-state index contributed by atoms with van der Waals surface area (Å²) in [6.45, 7) is 11.1. The number of carbonyl (C=O) groups is 1. The standard InChI is InChI=1S/C17H27NO3/c1-16(2,3)17(4,5)11-15(21)18-9-8-12-6-7-13(19)14(20)10-12/h6-7,10,19-20H,8-9,11H2,1-5H3,(H,18,21). The second-order valence-electron chi connectivity index (χ2n) is 7.23. The number of aromatic hydroxyl groups is 2. The van der Waals surface area contributed by atoms with Crippen LogP contribution >= 0.6 is 0 Å². The number of nitrogens with one attached hydrogen (secondary N) is 1. The van der Waals surface area contributed by atoms with Crippen molar-refractivity contribution in [2.24, 2.45) is 10.8 Å². The molecule has 0 saturated heterocycles. The number of hydrogen-bond acceptors (Lipinski definition) is 3. The van der Waals surface area contributed by atoms with E-state index in [1.807, 2.05) is 0 Å². The molecule has 0 unspecified atom stereocenters. The number of hydrogen-bond donors (Lipinski definition) is 3. The zero-order chi connectivity index (χ0) is 16.3. The molecule has 21 heavy (non-hydrogen) atoms. The van der Waals surface area contributed by atoms with Gasteiger partial charge in [0.25, 0.3) is 0 Å². The molecule has 0 fully saturated rings. The molecule has 0 aliphatic carbocycles. The molecule has 0 bridgehead atoms. The summed E-state index contributed by atoms with van der Waals surface area (Å²) < 4.78 is 0. The van der Waals surface area contributed by atoms with E-state index in [0.717, 1.165) is 5.56 Å². The summed E-state index contributed by atoms with van der Waals surface area (Å²) in [7, 11) is 0. The molecule has 0 heterocycles. The third-order valence-corrected chi connectivity index (χ3v) is 4.41. The summed E-state index contributed by atoms with van der Waals surface area (Å²) in [5.41, 5.74) is 0.863. The molecule has 1 amide bonds. The molecule has 0 atom stereocenters. The van der Waals surface area contributed by atoms with Crippen molar-refractivity contribution in [3.05, 3.63) is 23.8 Å². The van der Waals surface area contributed by atoms with Gasteiger partial charge in [0.2, 0.25) is 5.91 Å².